The van der Waals surface area contributed by atoms with Crippen molar-refractivity contribution in [2.24, 2.45) is 4.99 Å². The third-order valence-electron chi connectivity index (χ3n) is 4.47. The zero-order valence-corrected chi connectivity index (χ0v) is 21.7. The first-order valence-electron chi connectivity index (χ1n) is 9.21. The molecule has 0 aliphatic rings. The standard InChI is InChI=1S/C21H29NOSi.2ClH.Zr/c1-6-17(7-2)22-15-19-18(16-11-9-8-10-12-16)13-14-20(21(19)23)24(3,4)5;;;/h8-15,17,23H,6-7H2,1-5H3;2*1H;/q;;;+2/p-2. The van der Waals surface area contributed by atoms with Crippen molar-refractivity contribution in [1.82, 2.24) is 0 Å². The second-order valence-electron chi connectivity index (χ2n) is 7.36. The summed E-state index contributed by atoms with van der Waals surface area (Å²) in [7, 11) is 8.25. The van der Waals surface area contributed by atoms with Crippen LogP contribution in [-0.4, -0.2) is 25.4 Å². The van der Waals surface area contributed by atoms with Crippen LogP contribution in [0.1, 0.15) is 32.3 Å². The molecule has 0 spiro atoms. The first kappa shape index (κ1) is 24.6. The van der Waals surface area contributed by atoms with Crippen molar-refractivity contribution >= 4 is 36.5 Å². The van der Waals surface area contributed by atoms with Gasteiger partial charge in [0.1, 0.15) is 5.75 Å². The second-order valence-corrected chi connectivity index (χ2v) is 16.1. The zero-order chi connectivity index (χ0) is 20.4. The molecule has 6 heteroatoms. The summed E-state index contributed by atoms with van der Waals surface area (Å²) in [6, 6.07) is 14.8. The monoisotopic (exact) mass is 499 g/mol. The molecule has 0 radical (unpaired) electrons. The minimum absolute atomic E-state index is 0.309. The van der Waals surface area contributed by atoms with Crippen molar-refractivity contribution < 1.29 is 26.0 Å². The molecule has 0 saturated carbocycles. The Morgan fingerprint density at radius 3 is 2.07 bits per heavy atom. The molecule has 0 aliphatic heterocycles. The Balaban J connectivity index is 0.00000114. The Labute approximate surface area is 183 Å². The van der Waals surface area contributed by atoms with E-state index in [2.05, 4.69) is 57.8 Å². The van der Waals surface area contributed by atoms with Crippen LogP contribution in [0.3, 0.4) is 0 Å². The van der Waals surface area contributed by atoms with Crippen molar-refractivity contribution in [2.75, 3.05) is 0 Å². The van der Waals surface area contributed by atoms with E-state index in [9.17, 15) is 5.11 Å². The molecule has 2 aromatic carbocycles. The number of halogens is 2. The predicted octanol–water partition coefficient (Wildman–Crippen LogP) is 6.59. The van der Waals surface area contributed by atoms with E-state index in [0.717, 1.165) is 34.7 Å². The molecular weight excluding hydrogens is 472 g/mol. The molecule has 0 aromatic heterocycles. The van der Waals surface area contributed by atoms with E-state index in [1.165, 1.54) is 0 Å². The number of benzene rings is 2. The number of rotatable bonds is 6. The molecule has 146 valence electrons. The summed E-state index contributed by atoms with van der Waals surface area (Å²) in [4.78, 5) is 4.73. The molecule has 2 rings (SSSR count). The fourth-order valence-corrected chi connectivity index (χ4v) is 4.32. The van der Waals surface area contributed by atoms with Gasteiger partial charge in [-0.05, 0) is 29.2 Å². The van der Waals surface area contributed by atoms with Gasteiger partial charge < -0.3 is 5.11 Å². The Hall–Kier alpha value is -0.410. The van der Waals surface area contributed by atoms with E-state index < -0.39 is 28.9 Å². The van der Waals surface area contributed by atoms with Crippen molar-refractivity contribution in [3.63, 3.8) is 0 Å². The fourth-order valence-electron chi connectivity index (χ4n) is 2.89. The Kier molecular flexibility index (Phi) is 11.1. The van der Waals surface area contributed by atoms with E-state index in [0.29, 0.717) is 11.8 Å². The van der Waals surface area contributed by atoms with Crippen LogP contribution in [0.25, 0.3) is 11.1 Å². The SMILES string of the molecule is CCC(CC)N=Cc1c(-c2ccccc2)ccc([Si](C)(C)C)c1O.[Cl][Zr][Cl]. The summed E-state index contributed by atoms with van der Waals surface area (Å²) in [6.07, 6.45) is 3.92. The van der Waals surface area contributed by atoms with Gasteiger partial charge in [-0.25, -0.2) is 0 Å². The number of hydrogen-bond acceptors (Lipinski definition) is 2. The van der Waals surface area contributed by atoms with Gasteiger partial charge in [-0.1, -0.05) is 76.0 Å². The fraction of sp³-hybridized carbons (Fsp3) is 0.381. The Morgan fingerprint density at radius 2 is 1.59 bits per heavy atom. The van der Waals surface area contributed by atoms with Crippen LogP contribution in [0.4, 0.5) is 0 Å². The number of aromatic hydroxyl groups is 1. The maximum absolute atomic E-state index is 11.0. The van der Waals surface area contributed by atoms with Crippen molar-refractivity contribution in [2.45, 2.75) is 52.4 Å². The van der Waals surface area contributed by atoms with Crippen molar-refractivity contribution in [3.8, 4) is 16.9 Å². The van der Waals surface area contributed by atoms with Crippen LogP contribution in [-0.2, 0) is 20.8 Å². The van der Waals surface area contributed by atoms with Crippen LogP contribution < -0.4 is 5.19 Å². The Morgan fingerprint density at radius 1 is 1.04 bits per heavy atom. The molecule has 1 N–H and O–H groups in total. The van der Waals surface area contributed by atoms with Crippen molar-refractivity contribution in [3.05, 3.63) is 48.0 Å². The van der Waals surface area contributed by atoms with Crippen LogP contribution >= 0.6 is 17.0 Å². The average molecular weight is 502 g/mol. The number of hydrogen-bond donors (Lipinski definition) is 1. The van der Waals surface area contributed by atoms with Gasteiger partial charge in [0.15, 0.2) is 0 Å². The topological polar surface area (TPSA) is 32.6 Å². The van der Waals surface area contributed by atoms with Crippen LogP contribution in [0.15, 0.2) is 47.5 Å². The first-order valence-corrected chi connectivity index (χ1v) is 19.0. The minimum atomic E-state index is -1.62. The molecule has 0 fully saturated rings. The van der Waals surface area contributed by atoms with E-state index >= 15 is 0 Å². The third-order valence-corrected chi connectivity index (χ3v) is 6.49. The molecule has 27 heavy (non-hydrogen) atoms. The molecule has 0 unspecified atom stereocenters. The molecule has 0 heterocycles. The molecule has 0 aliphatic carbocycles. The second kappa shape index (κ2) is 12.2. The summed E-state index contributed by atoms with van der Waals surface area (Å²) < 4.78 is 0. The summed E-state index contributed by atoms with van der Waals surface area (Å²) in [5.74, 6) is 0.408. The Bertz CT molecular complexity index is 729. The molecule has 2 aromatic rings. The summed E-state index contributed by atoms with van der Waals surface area (Å²) >= 11 is -0.826. The number of nitrogens with zero attached hydrogens (tertiary/aromatic N) is 1. The molecule has 0 atom stereocenters. The van der Waals surface area contributed by atoms with E-state index in [4.69, 9.17) is 22.0 Å². The summed E-state index contributed by atoms with van der Waals surface area (Å²) in [6.45, 7) is 11.1. The molecule has 2 nitrogen and oxygen atoms in total. The van der Waals surface area contributed by atoms with Crippen LogP contribution in [0.2, 0.25) is 19.6 Å². The summed E-state index contributed by atoms with van der Waals surface area (Å²) in [5.41, 5.74) is 3.01. The quantitative estimate of drug-likeness (QED) is 0.352. The molecule has 0 saturated heterocycles. The zero-order valence-electron chi connectivity index (χ0n) is 16.8. The van der Waals surface area contributed by atoms with Gasteiger partial charge >= 0.3 is 37.9 Å². The van der Waals surface area contributed by atoms with Gasteiger partial charge in [-0.3, -0.25) is 4.99 Å². The van der Waals surface area contributed by atoms with E-state index in [1.807, 2.05) is 24.4 Å². The first-order chi connectivity index (χ1) is 12.8. The third kappa shape index (κ3) is 7.49. The van der Waals surface area contributed by atoms with Crippen molar-refractivity contribution in [1.29, 1.82) is 0 Å². The van der Waals surface area contributed by atoms with E-state index in [-0.39, 0.29) is 0 Å². The predicted molar refractivity (Wildman–Crippen MR) is 120 cm³/mol. The average Bonchev–Trinajstić information content (AvgIpc) is 2.63. The molecule has 0 bridgehead atoms. The van der Waals surface area contributed by atoms with Gasteiger partial charge in [-0.2, -0.15) is 0 Å². The normalized spacial score (nSPS) is 11.4. The van der Waals surface area contributed by atoms with Gasteiger partial charge in [0.25, 0.3) is 0 Å². The molecule has 0 amide bonds. The van der Waals surface area contributed by atoms with Gasteiger partial charge in [-0.15, -0.1) is 0 Å². The number of phenolic OH excluding ortho intramolecular Hbond substituents is 1. The number of aliphatic imine (C=N–C) groups is 1. The van der Waals surface area contributed by atoms with Crippen LogP contribution in [0, 0.1) is 0 Å². The molecular formula is C21H29Cl2NOSiZr. The van der Waals surface area contributed by atoms with Gasteiger partial charge in [0, 0.05) is 17.8 Å². The maximum atomic E-state index is 11.0. The van der Waals surface area contributed by atoms with Gasteiger partial charge in [0.05, 0.1) is 8.07 Å². The number of phenols is 1. The van der Waals surface area contributed by atoms with Crippen LogP contribution in [0.5, 0.6) is 5.75 Å². The summed E-state index contributed by atoms with van der Waals surface area (Å²) in [5, 5.41) is 12.1. The van der Waals surface area contributed by atoms with Gasteiger partial charge in [0.2, 0.25) is 0 Å². The van der Waals surface area contributed by atoms with E-state index in [1.54, 1.807) is 0 Å².